The molecule has 9 rings (SSSR count). The van der Waals surface area contributed by atoms with E-state index in [2.05, 4.69) is 181 Å². The molecule has 0 aliphatic rings. The standard InChI is InChI=1S/C48H33NO/c1-2-3-4-11-31-49(37-26-21-35(22-27-37)39-18-12-19-42-38-15-7-5-13-33(38)23-28-43(39)42)46-20-10-9-16-40(46)36-25-30-47-45(32-36)44-29-24-34-14-6-8-17-41(34)48(44)50-47/h2-32H,1H2/b4-3-,31-11+. The van der Waals surface area contributed by atoms with E-state index in [4.69, 9.17) is 4.42 Å². The van der Waals surface area contributed by atoms with Crippen molar-refractivity contribution >= 4 is 65.6 Å². The molecule has 0 amide bonds. The van der Waals surface area contributed by atoms with Gasteiger partial charge >= 0.3 is 0 Å². The van der Waals surface area contributed by atoms with Gasteiger partial charge in [-0.3, -0.25) is 0 Å². The Labute approximate surface area is 291 Å². The molecule has 2 heteroatoms. The van der Waals surface area contributed by atoms with Crippen LogP contribution in [-0.2, 0) is 0 Å². The third kappa shape index (κ3) is 5.06. The zero-order valence-electron chi connectivity index (χ0n) is 27.5. The minimum Gasteiger partial charge on any atom is -0.455 e. The highest BCUT2D eigenvalue weighted by Gasteiger charge is 2.16. The van der Waals surface area contributed by atoms with Crippen molar-refractivity contribution in [1.82, 2.24) is 0 Å². The molecule has 0 saturated heterocycles. The second-order valence-electron chi connectivity index (χ2n) is 12.6. The van der Waals surface area contributed by atoms with Crippen LogP contribution in [0.4, 0.5) is 11.4 Å². The lowest BCUT2D eigenvalue weighted by atomic mass is 9.94. The number of para-hydroxylation sites is 1. The van der Waals surface area contributed by atoms with Crippen LogP contribution >= 0.6 is 0 Å². The molecule has 236 valence electrons. The first-order chi connectivity index (χ1) is 24.8. The van der Waals surface area contributed by atoms with Gasteiger partial charge in [-0.2, -0.15) is 0 Å². The van der Waals surface area contributed by atoms with E-state index in [1.807, 2.05) is 12.2 Å². The maximum atomic E-state index is 6.44. The summed E-state index contributed by atoms with van der Waals surface area (Å²) in [6.45, 7) is 3.84. The van der Waals surface area contributed by atoms with Crippen molar-refractivity contribution in [3.8, 4) is 22.3 Å². The third-order valence-corrected chi connectivity index (χ3v) is 9.67. The molecule has 0 bridgehead atoms. The molecular weight excluding hydrogens is 607 g/mol. The molecule has 8 aromatic carbocycles. The number of rotatable bonds is 7. The van der Waals surface area contributed by atoms with E-state index in [1.165, 1.54) is 38.1 Å². The van der Waals surface area contributed by atoms with Crippen molar-refractivity contribution in [2.75, 3.05) is 4.90 Å². The van der Waals surface area contributed by atoms with E-state index in [0.29, 0.717) is 0 Å². The molecule has 0 saturated carbocycles. The second kappa shape index (κ2) is 12.4. The lowest BCUT2D eigenvalue weighted by Gasteiger charge is -2.24. The molecule has 0 aliphatic carbocycles. The Morgan fingerprint density at radius 2 is 1.14 bits per heavy atom. The summed E-state index contributed by atoms with van der Waals surface area (Å²) >= 11 is 0. The lowest BCUT2D eigenvalue weighted by Crippen LogP contribution is -2.09. The van der Waals surface area contributed by atoms with Gasteiger partial charge in [-0.05, 0) is 86.1 Å². The Kier molecular flexibility index (Phi) is 7.33. The van der Waals surface area contributed by atoms with E-state index < -0.39 is 0 Å². The average molecular weight is 640 g/mol. The molecule has 0 radical (unpaired) electrons. The lowest BCUT2D eigenvalue weighted by molar-refractivity contribution is 0.672. The quantitative estimate of drug-likeness (QED) is 0.127. The van der Waals surface area contributed by atoms with Crippen LogP contribution in [0.25, 0.3) is 76.5 Å². The fourth-order valence-corrected chi connectivity index (χ4v) is 7.28. The Morgan fingerprint density at radius 3 is 1.98 bits per heavy atom. The summed E-state index contributed by atoms with van der Waals surface area (Å²) in [5.41, 5.74) is 8.64. The largest absolute Gasteiger partial charge is 0.455 e. The van der Waals surface area contributed by atoms with Crippen molar-refractivity contribution in [1.29, 1.82) is 0 Å². The predicted molar refractivity (Wildman–Crippen MR) is 214 cm³/mol. The van der Waals surface area contributed by atoms with Crippen molar-refractivity contribution in [3.63, 3.8) is 0 Å². The van der Waals surface area contributed by atoms with Gasteiger partial charge in [0, 0.05) is 33.6 Å². The second-order valence-corrected chi connectivity index (χ2v) is 12.6. The van der Waals surface area contributed by atoms with Gasteiger partial charge in [-0.15, -0.1) is 0 Å². The van der Waals surface area contributed by atoms with E-state index >= 15 is 0 Å². The van der Waals surface area contributed by atoms with Gasteiger partial charge in [-0.25, -0.2) is 0 Å². The summed E-state index contributed by atoms with van der Waals surface area (Å²) in [5.74, 6) is 0. The fourth-order valence-electron chi connectivity index (χ4n) is 7.28. The molecule has 2 nitrogen and oxygen atoms in total. The summed E-state index contributed by atoms with van der Waals surface area (Å²) in [7, 11) is 0. The van der Waals surface area contributed by atoms with E-state index in [0.717, 1.165) is 49.8 Å². The summed E-state index contributed by atoms with van der Waals surface area (Å²) in [4.78, 5) is 2.26. The maximum Gasteiger partial charge on any atom is 0.143 e. The topological polar surface area (TPSA) is 16.4 Å². The maximum absolute atomic E-state index is 6.44. The van der Waals surface area contributed by atoms with Gasteiger partial charge < -0.3 is 9.32 Å². The number of nitrogens with zero attached hydrogens (tertiary/aromatic N) is 1. The molecule has 9 aromatic rings. The number of fused-ring (bicyclic) bond motifs is 8. The molecule has 0 N–H and O–H groups in total. The van der Waals surface area contributed by atoms with Crippen LogP contribution in [0.3, 0.4) is 0 Å². The highest BCUT2D eigenvalue weighted by atomic mass is 16.3. The van der Waals surface area contributed by atoms with Crippen LogP contribution in [0.15, 0.2) is 199 Å². The Hall–Kier alpha value is -6.64. The molecule has 0 fully saturated rings. The van der Waals surface area contributed by atoms with Crippen molar-refractivity contribution < 1.29 is 4.42 Å². The van der Waals surface area contributed by atoms with Crippen LogP contribution < -0.4 is 4.90 Å². The summed E-state index contributed by atoms with van der Waals surface area (Å²) in [6.07, 6.45) is 9.91. The Balaban J connectivity index is 1.14. The monoisotopic (exact) mass is 639 g/mol. The van der Waals surface area contributed by atoms with Crippen molar-refractivity contribution in [3.05, 3.63) is 195 Å². The first-order valence-corrected chi connectivity index (χ1v) is 17.0. The van der Waals surface area contributed by atoms with Gasteiger partial charge in [0.1, 0.15) is 11.2 Å². The van der Waals surface area contributed by atoms with Crippen LogP contribution in [-0.4, -0.2) is 0 Å². The minimum absolute atomic E-state index is 0.890. The Bertz CT molecular complexity index is 2780. The van der Waals surface area contributed by atoms with Gasteiger partial charge in [0.05, 0.1) is 5.69 Å². The number of hydrogen-bond acceptors (Lipinski definition) is 2. The number of furan rings is 1. The first-order valence-electron chi connectivity index (χ1n) is 17.0. The van der Waals surface area contributed by atoms with Gasteiger partial charge in [0.2, 0.25) is 0 Å². The molecule has 0 spiro atoms. The van der Waals surface area contributed by atoms with Gasteiger partial charge in [0.25, 0.3) is 0 Å². The van der Waals surface area contributed by atoms with Crippen LogP contribution in [0.5, 0.6) is 0 Å². The molecule has 1 aromatic heterocycles. The number of hydrogen-bond donors (Lipinski definition) is 0. The molecular formula is C48H33NO. The molecule has 1 heterocycles. The highest BCUT2D eigenvalue weighted by molar-refractivity contribution is 6.16. The number of anilines is 2. The van der Waals surface area contributed by atoms with Gasteiger partial charge in [-0.1, -0.05) is 146 Å². The van der Waals surface area contributed by atoms with Crippen molar-refractivity contribution in [2.45, 2.75) is 0 Å². The molecule has 0 aliphatic heterocycles. The highest BCUT2D eigenvalue weighted by Crippen LogP contribution is 2.41. The zero-order valence-corrected chi connectivity index (χ0v) is 27.5. The van der Waals surface area contributed by atoms with Crippen LogP contribution in [0, 0.1) is 0 Å². The van der Waals surface area contributed by atoms with E-state index in [-0.39, 0.29) is 0 Å². The third-order valence-electron chi connectivity index (χ3n) is 9.67. The van der Waals surface area contributed by atoms with Crippen LogP contribution in [0.2, 0.25) is 0 Å². The average Bonchev–Trinajstić information content (AvgIpc) is 3.56. The summed E-state index contributed by atoms with van der Waals surface area (Å²) in [6, 6.07) is 56.5. The first kappa shape index (κ1) is 29.5. The Morgan fingerprint density at radius 1 is 0.460 bits per heavy atom. The number of benzene rings is 8. The molecule has 0 atom stereocenters. The zero-order chi connectivity index (χ0) is 33.4. The van der Waals surface area contributed by atoms with Crippen molar-refractivity contribution in [2.24, 2.45) is 0 Å². The molecule has 0 unspecified atom stereocenters. The normalized spacial score (nSPS) is 11.9. The fraction of sp³-hybridized carbons (Fsp3) is 0. The smallest absolute Gasteiger partial charge is 0.143 e. The number of allylic oxidation sites excluding steroid dienone is 4. The van der Waals surface area contributed by atoms with Crippen LogP contribution in [0.1, 0.15) is 0 Å². The summed E-state index contributed by atoms with van der Waals surface area (Å²) < 4.78 is 6.44. The minimum atomic E-state index is 0.890. The molecule has 50 heavy (non-hydrogen) atoms. The SMILES string of the molecule is C=C/C=C\C=C\N(c1ccc(-c2cccc3c2ccc2ccccc23)cc1)c1ccccc1-c1ccc2oc3c4ccccc4ccc3c2c1. The summed E-state index contributed by atoms with van der Waals surface area (Å²) in [5, 5.41) is 9.61. The van der Waals surface area contributed by atoms with Gasteiger partial charge in [0.15, 0.2) is 0 Å². The predicted octanol–water partition coefficient (Wildman–Crippen LogP) is 13.8. The van der Waals surface area contributed by atoms with E-state index in [1.54, 1.807) is 6.08 Å². The van der Waals surface area contributed by atoms with E-state index in [9.17, 15) is 0 Å².